The van der Waals surface area contributed by atoms with E-state index in [1.165, 1.54) is 6.07 Å². The number of hydrogen-bond acceptors (Lipinski definition) is 2. The van der Waals surface area contributed by atoms with Gasteiger partial charge in [0.2, 0.25) is 0 Å². The maximum Gasteiger partial charge on any atom is 0.356 e. The molecule has 6 heteroatoms. The Labute approximate surface area is 142 Å². The van der Waals surface area contributed by atoms with Gasteiger partial charge < -0.3 is 14.4 Å². The van der Waals surface area contributed by atoms with Crippen LogP contribution in [0.2, 0.25) is 0 Å². The number of aryl methyl sites for hydroxylation is 2. The predicted octanol–water partition coefficient (Wildman–Crippen LogP) is 3.55. The lowest BCUT2D eigenvalue weighted by Crippen LogP contribution is -2.24. The van der Waals surface area contributed by atoms with Crippen LogP contribution >= 0.6 is 14.7 Å². The van der Waals surface area contributed by atoms with Crippen LogP contribution in [-0.2, 0) is 22.0 Å². The zero-order chi connectivity index (χ0) is 17.9. The van der Waals surface area contributed by atoms with Crippen molar-refractivity contribution in [1.29, 1.82) is 0 Å². The first kappa shape index (κ1) is 17.9. The van der Waals surface area contributed by atoms with Crippen LogP contribution in [0.5, 0.6) is 0 Å². The van der Waals surface area contributed by atoms with Crippen LogP contribution in [0.4, 0.5) is 0 Å². The molecule has 0 radical (unpaired) electrons. The van der Waals surface area contributed by atoms with E-state index in [-0.39, 0.29) is 16.6 Å². The third-order valence-electron chi connectivity index (χ3n) is 5.18. The van der Waals surface area contributed by atoms with Crippen LogP contribution in [-0.4, -0.2) is 21.1 Å². The van der Waals surface area contributed by atoms with Gasteiger partial charge in [0.15, 0.2) is 0 Å². The zero-order valence-corrected chi connectivity index (χ0v) is 16.3. The van der Waals surface area contributed by atoms with Gasteiger partial charge in [0.25, 0.3) is 0 Å². The molecule has 0 aromatic heterocycles. The summed E-state index contributed by atoms with van der Waals surface area (Å²) in [5.41, 5.74) is 2.03. The number of hydrogen-bond donors (Lipinski definition) is 2. The Morgan fingerprint density at radius 2 is 1.25 bits per heavy atom. The minimum Gasteiger partial charge on any atom is -0.321 e. The molecule has 1 aliphatic rings. The van der Waals surface area contributed by atoms with Gasteiger partial charge in [0, 0.05) is 22.0 Å². The topological polar surface area (TPSA) is 74.6 Å². The molecule has 2 N–H and O–H groups in total. The Morgan fingerprint density at radius 3 is 1.67 bits per heavy atom. The fraction of sp³-hybridized carbons (Fsp3) is 0.444. The third-order valence-corrected chi connectivity index (χ3v) is 10.4. The van der Waals surface area contributed by atoms with E-state index in [0.29, 0.717) is 10.7 Å². The molecule has 0 unspecified atom stereocenters. The van der Waals surface area contributed by atoms with Gasteiger partial charge in [0.1, 0.15) is 7.14 Å². The van der Waals surface area contributed by atoms with Crippen molar-refractivity contribution in [3.05, 3.63) is 35.4 Å². The van der Waals surface area contributed by atoms with Crippen molar-refractivity contribution < 1.29 is 18.9 Å². The highest BCUT2D eigenvalue weighted by atomic mass is 31.2. The quantitative estimate of drug-likeness (QED) is 0.812. The van der Waals surface area contributed by atoms with Gasteiger partial charge in [0.05, 0.1) is 5.30 Å². The lowest BCUT2D eigenvalue weighted by atomic mass is 10.1. The summed E-state index contributed by atoms with van der Waals surface area (Å²) >= 11 is 0. The molecule has 0 atom stereocenters. The second kappa shape index (κ2) is 5.81. The van der Waals surface area contributed by atoms with E-state index in [1.807, 2.05) is 45.9 Å². The molecule has 3 rings (SSSR count). The van der Waals surface area contributed by atoms with Crippen molar-refractivity contribution in [3.8, 4) is 0 Å². The standard InChI is InChI=1S/C18H24O4P2/c1-11(2)23(19,12(3)4)15-9-7-13-5-6-14-8-10-16(24(20,21)22)18(15)17(13)14/h7-12H,5-6H2,1-4H3,(H2,20,21,22). The van der Waals surface area contributed by atoms with Crippen LogP contribution in [0.25, 0.3) is 10.8 Å². The molecule has 2 aromatic carbocycles. The van der Waals surface area contributed by atoms with E-state index in [4.69, 9.17) is 0 Å². The molecule has 130 valence electrons. The van der Waals surface area contributed by atoms with Gasteiger partial charge in [-0.05, 0) is 35.4 Å². The van der Waals surface area contributed by atoms with Gasteiger partial charge in [-0.25, -0.2) is 0 Å². The van der Waals surface area contributed by atoms with Gasteiger partial charge in [-0.15, -0.1) is 0 Å². The Balaban J connectivity index is 2.52. The van der Waals surface area contributed by atoms with E-state index in [0.717, 1.165) is 29.4 Å². The summed E-state index contributed by atoms with van der Waals surface area (Å²) in [5, 5.41) is 2.10. The van der Waals surface area contributed by atoms with Crippen LogP contribution in [0, 0.1) is 0 Å². The molecule has 24 heavy (non-hydrogen) atoms. The molecule has 0 saturated heterocycles. The summed E-state index contributed by atoms with van der Waals surface area (Å²) in [6.45, 7) is 7.73. The first-order valence-electron chi connectivity index (χ1n) is 8.32. The van der Waals surface area contributed by atoms with Crippen LogP contribution < -0.4 is 10.6 Å². The molecule has 0 saturated carbocycles. The Morgan fingerprint density at radius 1 is 0.792 bits per heavy atom. The lowest BCUT2D eigenvalue weighted by Gasteiger charge is -2.29. The van der Waals surface area contributed by atoms with E-state index in [1.54, 1.807) is 0 Å². The van der Waals surface area contributed by atoms with Gasteiger partial charge >= 0.3 is 7.60 Å². The van der Waals surface area contributed by atoms with Gasteiger partial charge in [-0.1, -0.05) is 45.9 Å². The Hall–Kier alpha value is -0.920. The summed E-state index contributed by atoms with van der Waals surface area (Å²) in [5.74, 6) is 0. The van der Waals surface area contributed by atoms with Crippen molar-refractivity contribution in [1.82, 2.24) is 0 Å². The zero-order valence-electron chi connectivity index (χ0n) is 14.5. The third kappa shape index (κ3) is 2.52. The maximum atomic E-state index is 13.9. The summed E-state index contributed by atoms with van der Waals surface area (Å²) in [6.07, 6.45) is 1.73. The minimum atomic E-state index is -4.45. The minimum absolute atomic E-state index is 0.0153. The van der Waals surface area contributed by atoms with Crippen LogP contribution in [0.3, 0.4) is 0 Å². The van der Waals surface area contributed by atoms with Crippen molar-refractivity contribution >= 4 is 36.1 Å². The second-order valence-electron chi connectivity index (χ2n) is 7.18. The monoisotopic (exact) mass is 366 g/mol. The van der Waals surface area contributed by atoms with E-state index < -0.39 is 14.7 Å². The molecule has 1 aliphatic carbocycles. The first-order chi connectivity index (χ1) is 11.1. The van der Waals surface area contributed by atoms with E-state index in [2.05, 4.69) is 0 Å². The number of benzene rings is 2. The van der Waals surface area contributed by atoms with Crippen LogP contribution in [0.15, 0.2) is 24.3 Å². The highest BCUT2D eigenvalue weighted by Crippen LogP contribution is 2.56. The van der Waals surface area contributed by atoms with Crippen LogP contribution in [0.1, 0.15) is 38.8 Å². The van der Waals surface area contributed by atoms with E-state index >= 15 is 0 Å². The van der Waals surface area contributed by atoms with Gasteiger partial charge in [-0.3, -0.25) is 4.57 Å². The smallest absolute Gasteiger partial charge is 0.321 e. The Kier molecular flexibility index (Phi) is 4.33. The summed E-state index contributed by atoms with van der Waals surface area (Å²) < 4.78 is 26.0. The van der Waals surface area contributed by atoms with Gasteiger partial charge in [-0.2, -0.15) is 0 Å². The van der Waals surface area contributed by atoms with Crippen molar-refractivity contribution in [2.24, 2.45) is 0 Å². The number of rotatable bonds is 4. The second-order valence-corrected chi connectivity index (χ2v) is 12.7. The molecular weight excluding hydrogens is 342 g/mol. The molecule has 0 aliphatic heterocycles. The lowest BCUT2D eigenvalue weighted by molar-refractivity contribution is 0.388. The highest BCUT2D eigenvalue weighted by Gasteiger charge is 2.37. The SMILES string of the molecule is CC(C)P(=O)(c1ccc2c3c(ccc(P(=O)(O)O)c13)CC2)C(C)C. The molecule has 0 spiro atoms. The summed E-state index contributed by atoms with van der Waals surface area (Å²) in [6, 6.07) is 7.19. The maximum absolute atomic E-state index is 13.9. The normalized spacial score (nSPS) is 15.0. The van der Waals surface area contributed by atoms with Crippen molar-refractivity contribution in [2.75, 3.05) is 0 Å². The molecule has 0 fully saturated rings. The molecule has 2 aromatic rings. The highest BCUT2D eigenvalue weighted by molar-refractivity contribution is 7.73. The van der Waals surface area contributed by atoms with Crippen molar-refractivity contribution in [3.63, 3.8) is 0 Å². The molecular formula is C18H24O4P2. The summed E-state index contributed by atoms with van der Waals surface area (Å²) in [7, 11) is -7.27. The average Bonchev–Trinajstić information content (AvgIpc) is 2.90. The molecule has 0 bridgehead atoms. The van der Waals surface area contributed by atoms with Crippen molar-refractivity contribution in [2.45, 2.75) is 51.9 Å². The molecule has 0 amide bonds. The summed E-state index contributed by atoms with van der Waals surface area (Å²) in [4.78, 5) is 19.8. The fourth-order valence-corrected chi connectivity index (χ4v) is 8.05. The average molecular weight is 366 g/mol. The first-order valence-corrected chi connectivity index (χ1v) is 11.8. The Bertz CT molecular complexity index is 887. The predicted molar refractivity (Wildman–Crippen MR) is 101 cm³/mol. The fourth-order valence-electron chi connectivity index (χ4n) is 3.98. The molecule has 0 heterocycles. The molecule has 4 nitrogen and oxygen atoms in total. The van der Waals surface area contributed by atoms with E-state index in [9.17, 15) is 18.9 Å². The largest absolute Gasteiger partial charge is 0.356 e.